The van der Waals surface area contributed by atoms with Crippen LogP contribution in [0.15, 0.2) is 30.3 Å². The molecule has 6 heteroatoms. The van der Waals surface area contributed by atoms with Crippen molar-refractivity contribution >= 4 is 24.2 Å². The van der Waals surface area contributed by atoms with E-state index in [9.17, 15) is 9.59 Å². The maximum Gasteiger partial charge on any atom is 0.252 e. The molecule has 3 N–H and O–H groups in total. The van der Waals surface area contributed by atoms with Gasteiger partial charge in [-0.15, -0.1) is 12.4 Å². The standard InChI is InChI=1S/C16H21N3O2.ClH/c17-13-7-4-10-19(11-13)15(21)16(8-9-16)18-14(20)12-5-2-1-3-6-12;/h1-3,5-6,13H,4,7-11,17H2,(H,18,20);1H. The summed E-state index contributed by atoms with van der Waals surface area (Å²) in [5.41, 5.74) is 5.84. The molecule has 22 heavy (non-hydrogen) atoms. The summed E-state index contributed by atoms with van der Waals surface area (Å²) < 4.78 is 0. The molecule has 0 aromatic heterocycles. The molecule has 0 bridgehead atoms. The second-order valence-corrected chi connectivity index (χ2v) is 6.06. The van der Waals surface area contributed by atoms with Crippen molar-refractivity contribution in [2.24, 2.45) is 5.73 Å². The predicted molar refractivity (Wildman–Crippen MR) is 86.9 cm³/mol. The molecule has 0 spiro atoms. The maximum atomic E-state index is 12.7. The summed E-state index contributed by atoms with van der Waals surface area (Å²) in [5.74, 6) is -0.148. The quantitative estimate of drug-likeness (QED) is 0.881. The van der Waals surface area contributed by atoms with Crippen molar-refractivity contribution in [3.63, 3.8) is 0 Å². The first-order valence-electron chi connectivity index (χ1n) is 7.53. The molecule has 0 radical (unpaired) electrons. The molecule has 1 saturated carbocycles. The third kappa shape index (κ3) is 3.42. The monoisotopic (exact) mass is 323 g/mol. The number of carbonyl (C=O) groups excluding carboxylic acids is 2. The Bertz CT molecular complexity index is 546. The van der Waals surface area contributed by atoms with Gasteiger partial charge in [-0.2, -0.15) is 0 Å². The van der Waals surface area contributed by atoms with Crippen LogP contribution in [0, 0.1) is 0 Å². The highest BCUT2D eigenvalue weighted by molar-refractivity contribution is 6.00. The minimum Gasteiger partial charge on any atom is -0.339 e. The molecule has 1 aromatic carbocycles. The zero-order chi connectivity index (χ0) is 14.9. The van der Waals surface area contributed by atoms with Gasteiger partial charge in [0.25, 0.3) is 5.91 Å². The fraction of sp³-hybridized carbons (Fsp3) is 0.500. The number of hydrogen-bond acceptors (Lipinski definition) is 3. The van der Waals surface area contributed by atoms with Crippen molar-refractivity contribution < 1.29 is 9.59 Å². The lowest BCUT2D eigenvalue weighted by Crippen LogP contribution is -2.55. The molecule has 120 valence electrons. The molecular formula is C16H22ClN3O2. The summed E-state index contributed by atoms with van der Waals surface area (Å²) in [5, 5.41) is 2.92. The SMILES string of the molecule is Cl.NC1CCCN(C(=O)C2(NC(=O)c3ccccc3)CC2)C1. The normalized spacial score (nSPS) is 22.4. The second-order valence-electron chi connectivity index (χ2n) is 6.06. The first-order valence-corrected chi connectivity index (χ1v) is 7.53. The fourth-order valence-electron chi connectivity index (χ4n) is 2.89. The van der Waals surface area contributed by atoms with Gasteiger partial charge >= 0.3 is 0 Å². The number of likely N-dealkylation sites (tertiary alicyclic amines) is 1. The minimum atomic E-state index is -0.690. The number of hydrogen-bond donors (Lipinski definition) is 2. The van der Waals surface area contributed by atoms with E-state index < -0.39 is 5.54 Å². The molecule has 2 aliphatic rings. The molecular weight excluding hydrogens is 302 g/mol. The number of amides is 2. The molecule has 1 atom stereocenters. The number of benzene rings is 1. The summed E-state index contributed by atoms with van der Waals surface area (Å²) in [4.78, 5) is 26.7. The first-order chi connectivity index (χ1) is 10.1. The van der Waals surface area contributed by atoms with E-state index in [1.807, 2.05) is 23.1 Å². The van der Waals surface area contributed by atoms with Crippen LogP contribution in [0.1, 0.15) is 36.0 Å². The van der Waals surface area contributed by atoms with Gasteiger partial charge in [-0.3, -0.25) is 9.59 Å². The number of nitrogens with two attached hydrogens (primary N) is 1. The maximum absolute atomic E-state index is 12.7. The smallest absolute Gasteiger partial charge is 0.252 e. The minimum absolute atomic E-state index is 0. The Morgan fingerprint density at radius 2 is 1.91 bits per heavy atom. The summed E-state index contributed by atoms with van der Waals surface area (Å²) in [6, 6.07) is 9.08. The Balaban J connectivity index is 0.00000176. The first kappa shape index (κ1) is 16.8. The lowest BCUT2D eigenvalue weighted by Gasteiger charge is -2.33. The molecule has 1 aliphatic carbocycles. The molecule has 1 saturated heterocycles. The summed E-state index contributed by atoms with van der Waals surface area (Å²) >= 11 is 0. The number of carbonyl (C=O) groups is 2. The number of halogens is 1. The van der Waals surface area contributed by atoms with E-state index in [-0.39, 0.29) is 30.3 Å². The van der Waals surface area contributed by atoms with Crippen LogP contribution in [0.3, 0.4) is 0 Å². The van der Waals surface area contributed by atoms with Gasteiger partial charge in [-0.05, 0) is 37.8 Å². The Labute approximate surface area is 136 Å². The van der Waals surface area contributed by atoms with Crippen LogP contribution >= 0.6 is 12.4 Å². The van der Waals surface area contributed by atoms with Gasteiger partial charge in [0.2, 0.25) is 5.91 Å². The number of nitrogens with zero attached hydrogens (tertiary/aromatic N) is 1. The van der Waals surface area contributed by atoms with Crippen LogP contribution < -0.4 is 11.1 Å². The molecule has 1 unspecified atom stereocenters. The number of rotatable bonds is 3. The van der Waals surface area contributed by atoms with Crippen molar-refractivity contribution in [3.05, 3.63) is 35.9 Å². The average molecular weight is 324 g/mol. The highest BCUT2D eigenvalue weighted by atomic mass is 35.5. The van der Waals surface area contributed by atoms with Crippen LogP contribution in [0.25, 0.3) is 0 Å². The Morgan fingerprint density at radius 1 is 1.23 bits per heavy atom. The van der Waals surface area contributed by atoms with E-state index in [2.05, 4.69) is 5.32 Å². The zero-order valence-corrected chi connectivity index (χ0v) is 13.3. The van der Waals surface area contributed by atoms with Crippen molar-refractivity contribution in [2.45, 2.75) is 37.3 Å². The van der Waals surface area contributed by atoms with Crippen LogP contribution in [0.4, 0.5) is 0 Å². The lowest BCUT2D eigenvalue weighted by molar-refractivity contribution is -0.135. The lowest BCUT2D eigenvalue weighted by atomic mass is 10.0. The third-order valence-corrected chi connectivity index (χ3v) is 4.29. The van der Waals surface area contributed by atoms with Gasteiger partial charge in [0.05, 0.1) is 0 Å². The fourth-order valence-corrected chi connectivity index (χ4v) is 2.89. The summed E-state index contributed by atoms with van der Waals surface area (Å²) in [7, 11) is 0. The highest BCUT2D eigenvalue weighted by Gasteiger charge is 2.53. The van der Waals surface area contributed by atoms with Gasteiger partial charge in [-0.25, -0.2) is 0 Å². The van der Waals surface area contributed by atoms with Gasteiger partial charge < -0.3 is 16.0 Å². The Morgan fingerprint density at radius 3 is 2.50 bits per heavy atom. The van der Waals surface area contributed by atoms with E-state index in [1.165, 1.54) is 0 Å². The Hall–Kier alpha value is -1.59. The van der Waals surface area contributed by atoms with Gasteiger partial charge in [0, 0.05) is 24.7 Å². The molecule has 2 fully saturated rings. The van der Waals surface area contributed by atoms with Crippen molar-refractivity contribution in [3.8, 4) is 0 Å². The van der Waals surface area contributed by atoms with Crippen LogP contribution in [-0.4, -0.2) is 41.4 Å². The molecule has 5 nitrogen and oxygen atoms in total. The van der Waals surface area contributed by atoms with E-state index in [0.29, 0.717) is 12.1 Å². The molecule has 1 aromatic rings. The Kier molecular flexibility index (Phi) is 5.08. The van der Waals surface area contributed by atoms with E-state index in [0.717, 1.165) is 32.2 Å². The highest BCUT2D eigenvalue weighted by Crippen LogP contribution is 2.38. The largest absolute Gasteiger partial charge is 0.339 e. The zero-order valence-electron chi connectivity index (χ0n) is 12.5. The number of piperidine rings is 1. The van der Waals surface area contributed by atoms with Crippen LogP contribution in [0.5, 0.6) is 0 Å². The number of nitrogens with one attached hydrogen (secondary N) is 1. The van der Waals surface area contributed by atoms with E-state index in [4.69, 9.17) is 5.73 Å². The second kappa shape index (κ2) is 6.67. The summed E-state index contributed by atoms with van der Waals surface area (Å²) in [6.45, 7) is 1.34. The van der Waals surface area contributed by atoms with Gasteiger partial charge in [-0.1, -0.05) is 18.2 Å². The summed E-state index contributed by atoms with van der Waals surface area (Å²) in [6.07, 6.45) is 3.34. The molecule has 1 heterocycles. The van der Waals surface area contributed by atoms with E-state index in [1.54, 1.807) is 12.1 Å². The van der Waals surface area contributed by atoms with Crippen molar-refractivity contribution in [1.82, 2.24) is 10.2 Å². The molecule has 1 aliphatic heterocycles. The van der Waals surface area contributed by atoms with Crippen LogP contribution in [-0.2, 0) is 4.79 Å². The molecule has 2 amide bonds. The van der Waals surface area contributed by atoms with Crippen molar-refractivity contribution in [2.75, 3.05) is 13.1 Å². The predicted octanol–water partition coefficient (Wildman–Crippen LogP) is 1.32. The van der Waals surface area contributed by atoms with Gasteiger partial charge in [0.1, 0.15) is 5.54 Å². The molecule has 3 rings (SSSR count). The van der Waals surface area contributed by atoms with Crippen LogP contribution in [0.2, 0.25) is 0 Å². The average Bonchev–Trinajstić information content (AvgIpc) is 3.28. The van der Waals surface area contributed by atoms with Gasteiger partial charge in [0.15, 0.2) is 0 Å². The van der Waals surface area contributed by atoms with E-state index >= 15 is 0 Å². The third-order valence-electron chi connectivity index (χ3n) is 4.29. The van der Waals surface area contributed by atoms with Crippen molar-refractivity contribution in [1.29, 1.82) is 0 Å². The topological polar surface area (TPSA) is 75.4 Å².